The molecule has 30 heavy (non-hydrogen) atoms. The Bertz CT molecular complexity index is 1180. The van der Waals surface area contributed by atoms with Crippen LogP contribution < -0.4 is 5.32 Å². The van der Waals surface area contributed by atoms with Gasteiger partial charge in [-0.1, -0.05) is 23.7 Å². The number of hydrogen-bond donors (Lipinski definition) is 1. The lowest BCUT2D eigenvalue weighted by Gasteiger charge is -2.11. The molecule has 3 aromatic rings. The average Bonchev–Trinajstić information content (AvgIpc) is 3.15. The van der Waals surface area contributed by atoms with Gasteiger partial charge in [0.2, 0.25) is 0 Å². The summed E-state index contributed by atoms with van der Waals surface area (Å²) in [6, 6.07) is 12.8. The Labute approximate surface area is 173 Å². The fraction of sp³-hybridized carbons (Fsp3) is 0.0476. The predicted molar refractivity (Wildman–Crippen MR) is 103 cm³/mol. The van der Waals surface area contributed by atoms with Crippen molar-refractivity contribution in [3.8, 4) is 17.4 Å². The lowest BCUT2D eigenvalue weighted by atomic mass is 10.1. The van der Waals surface area contributed by atoms with E-state index in [4.69, 9.17) is 16.0 Å². The van der Waals surface area contributed by atoms with Gasteiger partial charge in [-0.25, -0.2) is 4.39 Å². The zero-order valence-electron chi connectivity index (χ0n) is 14.9. The largest absolute Gasteiger partial charge is 0.457 e. The Hall–Kier alpha value is -3.57. The number of nitrogens with one attached hydrogen (secondary N) is 1. The molecule has 2 aromatic carbocycles. The van der Waals surface area contributed by atoms with Gasteiger partial charge < -0.3 is 9.73 Å². The van der Waals surface area contributed by atoms with Gasteiger partial charge in [-0.2, -0.15) is 18.4 Å². The lowest BCUT2D eigenvalue weighted by Crippen LogP contribution is -2.15. The van der Waals surface area contributed by atoms with Crippen molar-refractivity contribution in [3.05, 3.63) is 82.3 Å². The minimum atomic E-state index is -4.63. The second-order valence-corrected chi connectivity index (χ2v) is 6.41. The van der Waals surface area contributed by atoms with E-state index in [0.29, 0.717) is 6.07 Å². The van der Waals surface area contributed by atoms with E-state index >= 15 is 0 Å². The van der Waals surface area contributed by atoms with Gasteiger partial charge in [0.15, 0.2) is 0 Å². The first-order valence-electron chi connectivity index (χ1n) is 8.33. The molecule has 1 amide bonds. The van der Waals surface area contributed by atoms with Crippen molar-refractivity contribution in [2.24, 2.45) is 0 Å². The lowest BCUT2D eigenvalue weighted by molar-refractivity contribution is -0.137. The Morgan fingerprint density at radius 1 is 1.13 bits per heavy atom. The molecule has 0 atom stereocenters. The predicted octanol–water partition coefficient (Wildman–Crippen LogP) is 6.30. The normalized spacial score (nSPS) is 11.8. The maximum absolute atomic E-state index is 13.9. The third-order valence-corrected chi connectivity index (χ3v) is 4.29. The fourth-order valence-electron chi connectivity index (χ4n) is 2.51. The van der Waals surface area contributed by atoms with Crippen molar-refractivity contribution in [2.45, 2.75) is 6.18 Å². The standard InChI is InChI=1S/C21H11ClF4N2O2/c22-16-7-5-13(21(24,25)26)10-18(16)28-20(29)12(11-27)9-14-6-8-19(30-14)15-3-1-2-4-17(15)23/h1-10H,(H,28,29)/b12-9+. The highest BCUT2D eigenvalue weighted by atomic mass is 35.5. The number of furan rings is 1. The number of nitriles is 1. The van der Waals surface area contributed by atoms with E-state index in [0.717, 1.165) is 18.2 Å². The van der Waals surface area contributed by atoms with E-state index in [1.165, 1.54) is 30.3 Å². The summed E-state index contributed by atoms with van der Waals surface area (Å²) in [7, 11) is 0. The molecule has 0 saturated carbocycles. The van der Waals surface area contributed by atoms with Crippen molar-refractivity contribution in [1.29, 1.82) is 5.26 Å². The molecule has 0 aliphatic rings. The molecular weight excluding hydrogens is 424 g/mol. The molecule has 152 valence electrons. The fourth-order valence-corrected chi connectivity index (χ4v) is 2.68. The highest BCUT2D eigenvalue weighted by molar-refractivity contribution is 6.34. The Balaban J connectivity index is 1.85. The van der Waals surface area contributed by atoms with E-state index in [-0.39, 0.29) is 27.8 Å². The van der Waals surface area contributed by atoms with Crippen LogP contribution >= 0.6 is 11.6 Å². The highest BCUT2D eigenvalue weighted by Gasteiger charge is 2.31. The minimum absolute atomic E-state index is 0.0788. The molecule has 0 radical (unpaired) electrons. The SMILES string of the molecule is N#C/C(=C\c1ccc(-c2ccccc2F)o1)C(=O)Nc1cc(C(F)(F)F)ccc1Cl. The zero-order valence-corrected chi connectivity index (χ0v) is 15.7. The second kappa shape index (κ2) is 8.43. The van der Waals surface area contributed by atoms with Crippen LogP contribution in [-0.4, -0.2) is 5.91 Å². The number of nitrogens with zero attached hydrogens (tertiary/aromatic N) is 1. The molecule has 0 fully saturated rings. The molecule has 1 N–H and O–H groups in total. The zero-order chi connectivity index (χ0) is 21.9. The summed E-state index contributed by atoms with van der Waals surface area (Å²) in [5.74, 6) is -1.24. The van der Waals surface area contributed by atoms with Crippen LogP contribution in [-0.2, 0) is 11.0 Å². The molecule has 0 unspecified atom stereocenters. The molecular formula is C21H11ClF4N2O2. The van der Waals surface area contributed by atoms with Gasteiger partial charge in [-0.15, -0.1) is 0 Å². The highest BCUT2D eigenvalue weighted by Crippen LogP contribution is 2.34. The number of alkyl halides is 3. The third kappa shape index (κ3) is 4.70. The van der Waals surface area contributed by atoms with Crippen LogP contribution in [0.5, 0.6) is 0 Å². The van der Waals surface area contributed by atoms with Gasteiger partial charge in [-0.3, -0.25) is 4.79 Å². The van der Waals surface area contributed by atoms with Crippen LogP contribution in [0.25, 0.3) is 17.4 Å². The van der Waals surface area contributed by atoms with Crippen LogP contribution in [0.1, 0.15) is 11.3 Å². The molecule has 1 heterocycles. The van der Waals surface area contributed by atoms with Crippen LogP contribution in [0.2, 0.25) is 5.02 Å². The molecule has 0 aliphatic heterocycles. The van der Waals surface area contributed by atoms with Gasteiger partial charge >= 0.3 is 6.18 Å². The van der Waals surface area contributed by atoms with Crippen molar-refractivity contribution < 1.29 is 26.8 Å². The average molecular weight is 435 g/mol. The first-order chi connectivity index (χ1) is 14.2. The number of amides is 1. The van der Waals surface area contributed by atoms with Crippen molar-refractivity contribution in [2.75, 3.05) is 5.32 Å². The molecule has 0 aliphatic carbocycles. The number of benzene rings is 2. The van der Waals surface area contributed by atoms with Gasteiger partial charge in [0, 0.05) is 6.08 Å². The Kier molecular flexibility index (Phi) is 5.94. The smallest absolute Gasteiger partial charge is 0.416 e. The maximum Gasteiger partial charge on any atom is 0.416 e. The topological polar surface area (TPSA) is 66.0 Å². The van der Waals surface area contributed by atoms with Crippen LogP contribution in [0.4, 0.5) is 23.2 Å². The van der Waals surface area contributed by atoms with E-state index in [2.05, 4.69) is 5.32 Å². The van der Waals surface area contributed by atoms with Crippen molar-refractivity contribution in [3.63, 3.8) is 0 Å². The van der Waals surface area contributed by atoms with Gasteiger partial charge in [0.1, 0.15) is 29.0 Å². The molecule has 4 nitrogen and oxygen atoms in total. The molecule has 9 heteroatoms. The number of halogens is 5. The van der Waals surface area contributed by atoms with E-state index in [9.17, 15) is 27.6 Å². The van der Waals surface area contributed by atoms with Crippen molar-refractivity contribution >= 4 is 29.3 Å². The summed E-state index contributed by atoms with van der Waals surface area (Å²) in [5, 5.41) is 11.3. The van der Waals surface area contributed by atoms with Gasteiger partial charge in [0.05, 0.1) is 21.8 Å². The van der Waals surface area contributed by atoms with Gasteiger partial charge in [-0.05, 0) is 42.5 Å². The summed E-state index contributed by atoms with van der Waals surface area (Å²) >= 11 is 5.85. The summed E-state index contributed by atoms with van der Waals surface area (Å²) in [4.78, 5) is 12.3. The first kappa shape index (κ1) is 21.1. The van der Waals surface area contributed by atoms with E-state index < -0.39 is 29.0 Å². The molecule has 0 spiro atoms. The van der Waals surface area contributed by atoms with E-state index in [1.807, 2.05) is 0 Å². The quantitative estimate of drug-likeness (QED) is 0.297. The van der Waals surface area contributed by atoms with Crippen LogP contribution in [0.3, 0.4) is 0 Å². The van der Waals surface area contributed by atoms with Crippen LogP contribution in [0, 0.1) is 17.1 Å². The summed E-state index contributed by atoms with van der Waals surface area (Å²) in [6.45, 7) is 0. The molecule has 1 aromatic heterocycles. The summed E-state index contributed by atoms with van der Waals surface area (Å²) in [6.07, 6.45) is -3.55. The summed E-state index contributed by atoms with van der Waals surface area (Å²) < 4.78 is 57.9. The van der Waals surface area contributed by atoms with Gasteiger partial charge in [0.25, 0.3) is 5.91 Å². The van der Waals surface area contributed by atoms with E-state index in [1.54, 1.807) is 12.1 Å². The Morgan fingerprint density at radius 2 is 1.87 bits per heavy atom. The number of rotatable bonds is 4. The molecule has 3 rings (SSSR count). The number of hydrogen-bond acceptors (Lipinski definition) is 3. The second-order valence-electron chi connectivity index (χ2n) is 6.00. The number of anilines is 1. The van der Waals surface area contributed by atoms with Crippen LogP contribution in [0.15, 0.2) is 64.6 Å². The van der Waals surface area contributed by atoms with Crippen molar-refractivity contribution in [1.82, 2.24) is 0 Å². The minimum Gasteiger partial charge on any atom is -0.457 e. The monoisotopic (exact) mass is 434 g/mol. The number of carbonyl (C=O) groups is 1. The number of carbonyl (C=O) groups excluding carboxylic acids is 1. The first-order valence-corrected chi connectivity index (χ1v) is 8.71. The Morgan fingerprint density at radius 3 is 2.53 bits per heavy atom. The third-order valence-electron chi connectivity index (χ3n) is 3.96. The summed E-state index contributed by atoms with van der Waals surface area (Å²) in [5.41, 5.74) is -1.57. The maximum atomic E-state index is 13.9. The molecule has 0 bridgehead atoms. The molecule has 0 saturated heterocycles.